The van der Waals surface area contributed by atoms with Crippen LogP contribution in [-0.4, -0.2) is 25.8 Å². The number of ether oxygens (including phenoxy) is 1. The van der Waals surface area contributed by atoms with E-state index in [1.165, 1.54) is 44.1 Å². The molecule has 2 atom stereocenters. The van der Waals surface area contributed by atoms with Gasteiger partial charge in [-0.2, -0.15) is 0 Å². The Kier molecular flexibility index (Phi) is 4.97. The van der Waals surface area contributed by atoms with Crippen molar-refractivity contribution in [1.29, 1.82) is 0 Å². The first-order valence-electron chi connectivity index (χ1n) is 8.73. The van der Waals surface area contributed by atoms with Crippen molar-refractivity contribution in [2.45, 2.75) is 56.9 Å². The summed E-state index contributed by atoms with van der Waals surface area (Å²) in [4.78, 5) is 0. The van der Waals surface area contributed by atoms with Gasteiger partial charge in [0.2, 0.25) is 0 Å². The molecule has 0 aromatic heterocycles. The summed E-state index contributed by atoms with van der Waals surface area (Å²) < 4.78 is 5.80. The molecule has 3 rings (SSSR count). The van der Waals surface area contributed by atoms with Crippen LogP contribution < -0.4 is 5.32 Å². The van der Waals surface area contributed by atoms with Gasteiger partial charge in [-0.25, -0.2) is 0 Å². The van der Waals surface area contributed by atoms with E-state index >= 15 is 0 Å². The summed E-state index contributed by atoms with van der Waals surface area (Å²) in [6, 6.07) is 11.8. The van der Waals surface area contributed by atoms with Gasteiger partial charge in [-0.1, -0.05) is 43.7 Å². The number of benzene rings is 1. The zero-order valence-electron chi connectivity index (χ0n) is 13.3. The van der Waals surface area contributed by atoms with Crippen LogP contribution in [0.25, 0.3) is 0 Å². The Morgan fingerprint density at radius 3 is 2.62 bits per heavy atom. The molecule has 2 heteroatoms. The zero-order valence-corrected chi connectivity index (χ0v) is 13.3. The largest absolute Gasteiger partial charge is 0.381 e. The van der Waals surface area contributed by atoms with Gasteiger partial charge in [0.1, 0.15) is 0 Å². The topological polar surface area (TPSA) is 21.3 Å². The summed E-state index contributed by atoms with van der Waals surface area (Å²) >= 11 is 0. The molecule has 1 aliphatic heterocycles. The van der Waals surface area contributed by atoms with Crippen LogP contribution in [-0.2, 0) is 10.2 Å². The molecular formula is C19H29NO. The molecule has 116 valence electrons. The fraction of sp³-hybridized carbons (Fsp3) is 0.684. The molecule has 1 saturated heterocycles. The Balaban J connectivity index is 1.85. The van der Waals surface area contributed by atoms with Crippen LogP contribution in [0.2, 0.25) is 0 Å². The molecular weight excluding hydrogens is 258 g/mol. The minimum atomic E-state index is 0.349. The maximum absolute atomic E-state index is 5.80. The highest BCUT2D eigenvalue weighted by atomic mass is 16.5. The predicted molar refractivity (Wildman–Crippen MR) is 87.6 cm³/mol. The van der Waals surface area contributed by atoms with E-state index in [9.17, 15) is 0 Å². The lowest BCUT2D eigenvalue weighted by atomic mass is 9.57. The molecule has 2 fully saturated rings. The summed E-state index contributed by atoms with van der Waals surface area (Å²) in [6.45, 7) is 5.28. The van der Waals surface area contributed by atoms with Crippen molar-refractivity contribution in [2.75, 3.05) is 19.8 Å². The first kappa shape index (κ1) is 15.1. The fourth-order valence-corrected chi connectivity index (χ4v) is 4.25. The Hall–Kier alpha value is -0.860. The van der Waals surface area contributed by atoms with Crippen molar-refractivity contribution >= 4 is 0 Å². The standard InChI is InChI=1S/C19H29NO/c1-2-13-20-18(16-8-6-14-21-15-16)19(11-7-12-19)17-9-4-3-5-10-17/h3-5,9-10,16,18,20H,2,6-8,11-15H2,1H3. The van der Waals surface area contributed by atoms with Crippen molar-refractivity contribution in [3.8, 4) is 0 Å². The number of hydrogen-bond donors (Lipinski definition) is 1. The molecule has 0 amide bonds. The highest BCUT2D eigenvalue weighted by Crippen LogP contribution is 2.49. The van der Waals surface area contributed by atoms with Gasteiger partial charge in [0.15, 0.2) is 0 Å². The van der Waals surface area contributed by atoms with Crippen LogP contribution >= 0.6 is 0 Å². The van der Waals surface area contributed by atoms with Gasteiger partial charge < -0.3 is 10.1 Å². The molecule has 2 aliphatic rings. The molecule has 2 nitrogen and oxygen atoms in total. The summed E-state index contributed by atoms with van der Waals surface area (Å²) in [6.07, 6.45) is 7.77. The van der Waals surface area contributed by atoms with Crippen LogP contribution in [0.15, 0.2) is 30.3 Å². The molecule has 0 spiro atoms. The van der Waals surface area contributed by atoms with Crippen molar-refractivity contribution < 1.29 is 4.74 Å². The summed E-state index contributed by atoms with van der Waals surface area (Å²) in [7, 11) is 0. The lowest BCUT2D eigenvalue weighted by molar-refractivity contribution is 0.00830. The molecule has 1 aromatic rings. The van der Waals surface area contributed by atoms with Gasteiger partial charge >= 0.3 is 0 Å². The van der Waals surface area contributed by atoms with E-state index in [-0.39, 0.29) is 0 Å². The molecule has 1 heterocycles. The third-order valence-corrected chi connectivity index (χ3v) is 5.47. The molecule has 1 N–H and O–H groups in total. The van der Waals surface area contributed by atoms with Crippen LogP contribution in [0.3, 0.4) is 0 Å². The Morgan fingerprint density at radius 2 is 2.05 bits per heavy atom. The second kappa shape index (κ2) is 6.93. The van der Waals surface area contributed by atoms with E-state index in [2.05, 4.69) is 42.6 Å². The van der Waals surface area contributed by atoms with Crippen LogP contribution in [0.1, 0.15) is 51.0 Å². The molecule has 1 aliphatic carbocycles. The fourth-order valence-electron chi connectivity index (χ4n) is 4.25. The SMILES string of the molecule is CCCNC(C1CCCOC1)C1(c2ccccc2)CCC1. The molecule has 21 heavy (non-hydrogen) atoms. The summed E-state index contributed by atoms with van der Waals surface area (Å²) in [5, 5.41) is 3.90. The van der Waals surface area contributed by atoms with Gasteiger partial charge in [-0.15, -0.1) is 0 Å². The highest BCUT2D eigenvalue weighted by Gasteiger charge is 2.48. The second-order valence-corrected chi connectivity index (χ2v) is 6.78. The lowest BCUT2D eigenvalue weighted by Gasteiger charge is -2.52. The normalized spacial score (nSPS) is 26.0. The number of rotatable bonds is 6. The Labute approximate surface area is 129 Å². The minimum absolute atomic E-state index is 0.349. The summed E-state index contributed by atoms with van der Waals surface area (Å²) in [5.74, 6) is 0.672. The summed E-state index contributed by atoms with van der Waals surface area (Å²) in [5.41, 5.74) is 1.89. The van der Waals surface area contributed by atoms with Crippen molar-refractivity contribution in [1.82, 2.24) is 5.32 Å². The predicted octanol–water partition coefficient (Wildman–Crippen LogP) is 3.90. The Bertz CT molecular complexity index is 420. The average Bonchev–Trinajstić information content (AvgIpc) is 2.51. The van der Waals surface area contributed by atoms with Gasteiger partial charge in [-0.3, -0.25) is 0 Å². The maximum atomic E-state index is 5.80. The molecule has 0 radical (unpaired) electrons. The van der Waals surface area contributed by atoms with Crippen LogP contribution in [0.4, 0.5) is 0 Å². The maximum Gasteiger partial charge on any atom is 0.0509 e. The third-order valence-electron chi connectivity index (χ3n) is 5.47. The number of nitrogens with one attached hydrogen (secondary N) is 1. The van der Waals surface area contributed by atoms with Gasteiger partial charge in [0.25, 0.3) is 0 Å². The van der Waals surface area contributed by atoms with Crippen LogP contribution in [0, 0.1) is 5.92 Å². The first-order chi connectivity index (χ1) is 10.4. The van der Waals surface area contributed by atoms with Crippen molar-refractivity contribution in [3.63, 3.8) is 0 Å². The van der Waals surface area contributed by atoms with E-state index < -0.39 is 0 Å². The van der Waals surface area contributed by atoms with Gasteiger partial charge in [0, 0.05) is 18.1 Å². The van der Waals surface area contributed by atoms with Crippen molar-refractivity contribution in [2.24, 2.45) is 5.92 Å². The molecule has 2 unspecified atom stereocenters. The minimum Gasteiger partial charge on any atom is -0.381 e. The monoisotopic (exact) mass is 287 g/mol. The Morgan fingerprint density at radius 1 is 1.24 bits per heavy atom. The van der Waals surface area contributed by atoms with Crippen molar-refractivity contribution in [3.05, 3.63) is 35.9 Å². The van der Waals surface area contributed by atoms with E-state index in [0.29, 0.717) is 17.4 Å². The smallest absolute Gasteiger partial charge is 0.0509 e. The second-order valence-electron chi connectivity index (χ2n) is 6.78. The first-order valence-corrected chi connectivity index (χ1v) is 8.73. The number of hydrogen-bond acceptors (Lipinski definition) is 2. The third kappa shape index (κ3) is 3.02. The molecule has 1 aromatic carbocycles. The quantitative estimate of drug-likeness (QED) is 0.856. The van der Waals surface area contributed by atoms with E-state index in [4.69, 9.17) is 4.74 Å². The molecule has 0 bridgehead atoms. The zero-order chi connectivity index (χ0) is 14.5. The van der Waals surface area contributed by atoms with E-state index in [1.807, 2.05) is 0 Å². The lowest BCUT2D eigenvalue weighted by Crippen LogP contribution is -2.57. The van der Waals surface area contributed by atoms with E-state index in [1.54, 1.807) is 0 Å². The van der Waals surface area contributed by atoms with E-state index in [0.717, 1.165) is 19.8 Å². The highest BCUT2D eigenvalue weighted by molar-refractivity contribution is 5.31. The molecule has 1 saturated carbocycles. The average molecular weight is 287 g/mol. The van der Waals surface area contributed by atoms with Gasteiger partial charge in [-0.05, 0) is 50.1 Å². The van der Waals surface area contributed by atoms with Crippen LogP contribution in [0.5, 0.6) is 0 Å². The van der Waals surface area contributed by atoms with Gasteiger partial charge in [0.05, 0.1) is 6.61 Å².